The molecule has 1 heterocycles. The van der Waals surface area contributed by atoms with Gasteiger partial charge in [0.15, 0.2) is 6.10 Å². The molecule has 30 heavy (non-hydrogen) atoms. The van der Waals surface area contributed by atoms with Crippen LogP contribution in [0.3, 0.4) is 0 Å². The summed E-state index contributed by atoms with van der Waals surface area (Å²) in [6, 6.07) is 13.2. The molecule has 0 radical (unpaired) electrons. The largest absolute Gasteiger partial charge is 0.481 e. The van der Waals surface area contributed by atoms with Crippen molar-refractivity contribution >= 4 is 17.5 Å². The molecule has 0 bridgehead atoms. The van der Waals surface area contributed by atoms with E-state index in [0.29, 0.717) is 17.2 Å². The molecule has 0 saturated carbocycles. The monoisotopic (exact) mass is 408 g/mol. The van der Waals surface area contributed by atoms with Gasteiger partial charge in [-0.3, -0.25) is 9.59 Å². The molecular formula is C25H32N2O3. The first-order valence-electron chi connectivity index (χ1n) is 10.8. The highest BCUT2D eigenvalue weighted by molar-refractivity contribution is 5.97. The molecule has 2 aromatic rings. The standard InChI is InChI=1S/C25H32N2O3/c1-17(2)22-13-8-18(3)16-23(22)30-19(4)24(28)26-21-11-9-20(10-12-21)25(29)27-14-6-5-7-15-27/h8-13,16-17,19H,5-7,14-15H2,1-4H3,(H,26,28). The number of rotatable bonds is 6. The van der Waals surface area contributed by atoms with E-state index in [1.807, 2.05) is 17.9 Å². The van der Waals surface area contributed by atoms with Crippen molar-refractivity contribution < 1.29 is 14.3 Å². The first kappa shape index (κ1) is 21.9. The zero-order valence-electron chi connectivity index (χ0n) is 18.4. The summed E-state index contributed by atoms with van der Waals surface area (Å²) in [5, 5.41) is 2.88. The van der Waals surface area contributed by atoms with Crippen molar-refractivity contribution in [2.45, 2.75) is 59.0 Å². The third-order valence-electron chi connectivity index (χ3n) is 5.51. The number of amides is 2. The molecule has 0 spiro atoms. The van der Waals surface area contributed by atoms with E-state index < -0.39 is 6.10 Å². The van der Waals surface area contributed by atoms with Gasteiger partial charge >= 0.3 is 0 Å². The average molecular weight is 409 g/mol. The normalized spacial score (nSPS) is 15.0. The molecule has 1 aliphatic rings. The fourth-order valence-corrected chi connectivity index (χ4v) is 3.68. The highest BCUT2D eigenvalue weighted by Gasteiger charge is 2.20. The molecule has 0 aliphatic carbocycles. The van der Waals surface area contributed by atoms with E-state index >= 15 is 0 Å². The van der Waals surface area contributed by atoms with Crippen molar-refractivity contribution in [2.24, 2.45) is 0 Å². The summed E-state index contributed by atoms with van der Waals surface area (Å²) in [7, 11) is 0. The van der Waals surface area contributed by atoms with Crippen LogP contribution in [0.2, 0.25) is 0 Å². The minimum absolute atomic E-state index is 0.0601. The van der Waals surface area contributed by atoms with Gasteiger partial charge in [-0.15, -0.1) is 0 Å². The number of carbonyl (C=O) groups excluding carboxylic acids is 2. The molecule has 1 N–H and O–H groups in total. The van der Waals surface area contributed by atoms with Crippen molar-refractivity contribution in [3.05, 3.63) is 59.2 Å². The number of nitrogens with one attached hydrogen (secondary N) is 1. The molecular weight excluding hydrogens is 376 g/mol. The van der Waals surface area contributed by atoms with Crippen molar-refractivity contribution in [3.63, 3.8) is 0 Å². The predicted octanol–water partition coefficient (Wildman–Crippen LogP) is 5.15. The number of nitrogens with zero attached hydrogens (tertiary/aromatic N) is 1. The molecule has 1 fully saturated rings. The van der Waals surface area contributed by atoms with Crippen molar-refractivity contribution in [2.75, 3.05) is 18.4 Å². The minimum atomic E-state index is -0.640. The zero-order chi connectivity index (χ0) is 21.7. The third kappa shape index (κ3) is 5.41. The Labute approximate surface area is 179 Å². The molecule has 1 atom stereocenters. The van der Waals surface area contributed by atoms with E-state index in [1.54, 1.807) is 31.2 Å². The Kier molecular flexibility index (Phi) is 7.14. The van der Waals surface area contributed by atoms with Crippen LogP contribution in [0.4, 0.5) is 5.69 Å². The first-order valence-corrected chi connectivity index (χ1v) is 10.8. The number of aryl methyl sites for hydroxylation is 1. The summed E-state index contributed by atoms with van der Waals surface area (Å²) in [6.45, 7) is 9.61. The Balaban J connectivity index is 1.62. The number of hydrogen-bond acceptors (Lipinski definition) is 3. The summed E-state index contributed by atoms with van der Waals surface area (Å²) in [5.74, 6) is 0.891. The Morgan fingerprint density at radius 2 is 1.63 bits per heavy atom. The lowest BCUT2D eigenvalue weighted by atomic mass is 10.0. The Hall–Kier alpha value is -2.82. The van der Waals surface area contributed by atoms with Crippen LogP contribution in [-0.2, 0) is 4.79 Å². The highest BCUT2D eigenvalue weighted by Crippen LogP contribution is 2.28. The lowest BCUT2D eigenvalue weighted by molar-refractivity contribution is -0.122. The summed E-state index contributed by atoms with van der Waals surface area (Å²) < 4.78 is 5.99. The lowest BCUT2D eigenvalue weighted by Gasteiger charge is -2.26. The number of piperidine rings is 1. The molecule has 5 heteroatoms. The first-order chi connectivity index (χ1) is 14.3. The molecule has 5 nitrogen and oxygen atoms in total. The summed E-state index contributed by atoms with van der Waals surface area (Å²) >= 11 is 0. The number of anilines is 1. The molecule has 1 unspecified atom stereocenters. The second-order valence-electron chi connectivity index (χ2n) is 8.38. The summed E-state index contributed by atoms with van der Waals surface area (Å²) in [5.41, 5.74) is 3.48. The molecule has 1 aliphatic heterocycles. The van der Waals surface area contributed by atoms with E-state index in [1.165, 1.54) is 6.42 Å². The molecule has 2 amide bonds. The number of hydrogen-bond donors (Lipinski definition) is 1. The maximum Gasteiger partial charge on any atom is 0.265 e. The van der Waals surface area contributed by atoms with Crippen LogP contribution in [0.15, 0.2) is 42.5 Å². The zero-order valence-corrected chi connectivity index (χ0v) is 18.4. The Bertz CT molecular complexity index is 884. The van der Waals surface area contributed by atoms with Crippen LogP contribution < -0.4 is 10.1 Å². The third-order valence-corrected chi connectivity index (χ3v) is 5.51. The SMILES string of the molecule is Cc1ccc(C(C)C)c(OC(C)C(=O)Nc2ccc(C(=O)N3CCCCC3)cc2)c1. The van der Waals surface area contributed by atoms with E-state index in [9.17, 15) is 9.59 Å². The maximum atomic E-state index is 12.6. The van der Waals surface area contributed by atoms with Gasteiger partial charge < -0.3 is 15.0 Å². The van der Waals surface area contributed by atoms with Crippen LogP contribution >= 0.6 is 0 Å². The minimum Gasteiger partial charge on any atom is -0.481 e. The van der Waals surface area contributed by atoms with Crippen LogP contribution in [0.5, 0.6) is 5.75 Å². The van der Waals surface area contributed by atoms with E-state index in [0.717, 1.165) is 42.8 Å². The Morgan fingerprint density at radius 1 is 0.967 bits per heavy atom. The molecule has 0 aromatic heterocycles. The van der Waals surface area contributed by atoms with Gasteiger partial charge in [-0.05, 0) is 80.5 Å². The second kappa shape index (κ2) is 9.79. The van der Waals surface area contributed by atoms with Gasteiger partial charge in [0.2, 0.25) is 0 Å². The van der Waals surface area contributed by atoms with Crippen molar-refractivity contribution in [3.8, 4) is 5.75 Å². The van der Waals surface area contributed by atoms with E-state index in [-0.39, 0.29) is 11.8 Å². The fraction of sp³-hybridized carbons (Fsp3) is 0.440. The predicted molar refractivity (Wildman–Crippen MR) is 120 cm³/mol. The maximum absolute atomic E-state index is 12.6. The second-order valence-corrected chi connectivity index (χ2v) is 8.38. The summed E-state index contributed by atoms with van der Waals surface area (Å²) in [6.07, 6.45) is 2.68. The van der Waals surface area contributed by atoms with Gasteiger partial charge in [-0.25, -0.2) is 0 Å². The van der Waals surface area contributed by atoms with Crippen LogP contribution in [0.1, 0.15) is 67.4 Å². The summed E-state index contributed by atoms with van der Waals surface area (Å²) in [4.78, 5) is 27.1. The fourth-order valence-electron chi connectivity index (χ4n) is 3.68. The quantitative estimate of drug-likeness (QED) is 0.719. The van der Waals surface area contributed by atoms with Crippen LogP contribution in [0.25, 0.3) is 0 Å². The smallest absolute Gasteiger partial charge is 0.265 e. The van der Waals surface area contributed by atoms with Gasteiger partial charge in [0.1, 0.15) is 5.75 Å². The molecule has 3 rings (SSSR count). The van der Waals surface area contributed by atoms with Gasteiger partial charge in [0.05, 0.1) is 0 Å². The van der Waals surface area contributed by atoms with Gasteiger partial charge in [0, 0.05) is 24.3 Å². The lowest BCUT2D eigenvalue weighted by Crippen LogP contribution is -2.35. The molecule has 2 aromatic carbocycles. The molecule has 160 valence electrons. The van der Waals surface area contributed by atoms with Gasteiger partial charge in [-0.1, -0.05) is 26.0 Å². The topological polar surface area (TPSA) is 58.6 Å². The van der Waals surface area contributed by atoms with Gasteiger partial charge in [0.25, 0.3) is 11.8 Å². The van der Waals surface area contributed by atoms with Crippen LogP contribution in [-0.4, -0.2) is 35.9 Å². The number of likely N-dealkylation sites (tertiary alicyclic amines) is 1. The molecule has 1 saturated heterocycles. The van der Waals surface area contributed by atoms with Crippen LogP contribution in [0, 0.1) is 6.92 Å². The highest BCUT2D eigenvalue weighted by atomic mass is 16.5. The average Bonchev–Trinajstić information content (AvgIpc) is 2.74. The Morgan fingerprint density at radius 3 is 2.27 bits per heavy atom. The van der Waals surface area contributed by atoms with Gasteiger partial charge in [-0.2, -0.15) is 0 Å². The van der Waals surface area contributed by atoms with E-state index in [2.05, 4.69) is 31.3 Å². The number of carbonyl (C=O) groups is 2. The van der Waals surface area contributed by atoms with Crippen molar-refractivity contribution in [1.82, 2.24) is 4.90 Å². The van der Waals surface area contributed by atoms with Crippen molar-refractivity contribution in [1.29, 1.82) is 0 Å². The van der Waals surface area contributed by atoms with E-state index in [4.69, 9.17) is 4.74 Å². The number of ether oxygens (including phenoxy) is 1. The number of benzene rings is 2.